The third-order valence-corrected chi connectivity index (χ3v) is 5.52. The summed E-state index contributed by atoms with van der Waals surface area (Å²) < 4.78 is 10.5. The highest BCUT2D eigenvalue weighted by Gasteiger charge is 2.65. The van der Waals surface area contributed by atoms with Gasteiger partial charge in [-0.05, 0) is 32.8 Å². The quantitative estimate of drug-likeness (QED) is 0.813. The standard InChI is InChI=1S/C20H22N2O5/c1-3-26-17(23)15-14-10-7-11-22(14)20(16(15)18(24)27-4-2)12-8-5-6-9-13(12)21-19(20)25/h5-6,8-9,14H,3-4,7,10-11H2,1-2H3,(H,21,25). The van der Waals surface area contributed by atoms with Crippen molar-refractivity contribution in [2.75, 3.05) is 25.1 Å². The first kappa shape index (κ1) is 17.7. The molecule has 0 saturated carbocycles. The molecule has 1 amide bonds. The van der Waals surface area contributed by atoms with Gasteiger partial charge in [-0.3, -0.25) is 9.69 Å². The molecule has 0 aliphatic carbocycles. The molecule has 1 aromatic rings. The number of para-hydroxylation sites is 1. The van der Waals surface area contributed by atoms with Crippen LogP contribution < -0.4 is 5.32 Å². The van der Waals surface area contributed by atoms with E-state index >= 15 is 0 Å². The zero-order chi connectivity index (χ0) is 19.2. The molecule has 1 aromatic carbocycles. The van der Waals surface area contributed by atoms with Crippen LogP contribution >= 0.6 is 0 Å². The Morgan fingerprint density at radius 3 is 2.63 bits per heavy atom. The summed E-state index contributed by atoms with van der Waals surface area (Å²) in [6.45, 7) is 4.38. The molecule has 1 fully saturated rings. The Morgan fingerprint density at radius 1 is 1.19 bits per heavy atom. The predicted octanol–water partition coefficient (Wildman–Crippen LogP) is 1.73. The molecule has 1 saturated heterocycles. The Labute approximate surface area is 157 Å². The van der Waals surface area contributed by atoms with Gasteiger partial charge in [-0.15, -0.1) is 0 Å². The minimum atomic E-state index is -1.34. The monoisotopic (exact) mass is 370 g/mol. The van der Waals surface area contributed by atoms with Crippen molar-refractivity contribution in [1.82, 2.24) is 4.90 Å². The summed E-state index contributed by atoms with van der Waals surface area (Å²) in [7, 11) is 0. The molecule has 142 valence electrons. The Morgan fingerprint density at radius 2 is 1.89 bits per heavy atom. The van der Waals surface area contributed by atoms with Gasteiger partial charge in [0.1, 0.15) is 0 Å². The first-order valence-electron chi connectivity index (χ1n) is 9.33. The van der Waals surface area contributed by atoms with Crippen molar-refractivity contribution in [3.63, 3.8) is 0 Å². The molecule has 7 heteroatoms. The maximum Gasteiger partial charge on any atom is 0.337 e. The second-order valence-electron chi connectivity index (χ2n) is 6.79. The number of esters is 2. The first-order valence-corrected chi connectivity index (χ1v) is 9.33. The van der Waals surface area contributed by atoms with Crippen molar-refractivity contribution in [2.45, 2.75) is 38.3 Å². The van der Waals surface area contributed by atoms with Crippen LogP contribution in [0, 0.1) is 0 Å². The van der Waals surface area contributed by atoms with Crippen LogP contribution in [0.3, 0.4) is 0 Å². The molecular formula is C20H22N2O5. The molecule has 27 heavy (non-hydrogen) atoms. The fraction of sp³-hybridized carbons (Fsp3) is 0.450. The molecule has 4 rings (SSSR count). The van der Waals surface area contributed by atoms with Crippen LogP contribution in [0.1, 0.15) is 32.3 Å². The van der Waals surface area contributed by atoms with Crippen molar-refractivity contribution in [3.05, 3.63) is 41.0 Å². The van der Waals surface area contributed by atoms with Crippen molar-refractivity contribution >= 4 is 23.5 Å². The van der Waals surface area contributed by atoms with Gasteiger partial charge in [0.05, 0.1) is 24.4 Å². The third kappa shape index (κ3) is 2.27. The lowest BCUT2D eigenvalue weighted by molar-refractivity contribution is -0.143. The minimum Gasteiger partial charge on any atom is -0.463 e. The van der Waals surface area contributed by atoms with Gasteiger partial charge < -0.3 is 14.8 Å². The zero-order valence-corrected chi connectivity index (χ0v) is 15.4. The Bertz CT molecular complexity index is 862. The summed E-state index contributed by atoms with van der Waals surface area (Å²) >= 11 is 0. The van der Waals surface area contributed by atoms with Gasteiger partial charge in [-0.2, -0.15) is 0 Å². The summed E-state index contributed by atoms with van der Waals surface area (Å²) in [6, 6.07) is 6.96. The summed E-state index contributed by atoms with van der Waals surface area (Å²) in [4.78, 5) is 41.1. The fourth-order valence-corrected chi connectivity index (χ4v) is 4.66. The van der Waals surface area contributed by atoms with E-state index in [1.54, 1.807) is 19.9 Å². The summed E-state index contributed by atoms with van der Waals surface area (Å²) in [5.74, 6) is -1.51. The summed E-state index contributed by atoms with van der Waals surface area (Å²) in [6.07, 6.45) is 1.52. The maximum atomic E-state index is 13.3. The number of rotatable bonds is 4. The Balaban J connectivity index is 2.01. The number of amides is 1. The van der Waals surface area contributed by atoms with E-state index in [4.69, 9.17) is 9.47 Å². The molecule has 1 spiro atoms. The fourth-order valence-electron chi connectivity index (χ4n) is 4.66. The number of benzene rings is 1. The number of nitrogens with one attached hydrogen (secondary N) is 1. The molecule has 7 nitrogen and oxygen atoms in total. The van der Waals surface area contributed by atoms with E-state index in [0.717, 1.165) is 6.42 Å². The van der Waals surface area contributed by atoms with Gasteiger partial charge in [0.2, 0.25) is 0 Å². The lowest BCUT2D eigenvalue weighted by Crippen LogP contribution is -2.51. The molecule has 3 heterocycles. The van der Waals surface area contributed by atoms with Crippen LogP contribution in [0.5, 0.6) is 0 Å². The molecule has 1 N–H and O–H groups in total. The van der Waals surface area contributed by atoms with Crippen LogP contribution in [0.2, 0.25) is 0 Å². The van der Waals surface area contributed by atoms with Crippen LogP contribution in [0.15, 0.2) is 35.4 Å². The van der Waals surface area contributed by atoms with E-state index < -0.39 is 17.5 Å². The summed E-state index contributed by atoms with van der Waals surface area (Å²) in [5.41, 5.74) is 0.366. The van der Waals surface area contributed by atoms with E-state index in [-0.39, 0.29) is 36.3 Å². The Hall–Kier alpha value is -2.67. The smallest absolute Gasteiger partial charge is 0.337 e. The number of fused-ring (bicyclic) bond motifs is 4. The summed E-state index contributed by atoms with van der Waals surface area (Å²) in [5, 5.41) is 2.89. The average Bonchev–Trinajstić information content (AvgIpc) is 3.29. The molecule has 2 unspecified atom stereocenters. The number of carbonyl (C=O) groups excluding carboxylic acids is 3. The number of anilines is 1. The number of hydrogen-bond acceptors (Lipinski definition) is 6. The second-order valence-corrected chi connectivity index (χ2v) is 6.79. The lowest BCUT2D eigenvalue weighted by atomic mass is 9.82. The molecule has 0 bridgehead atoms. The van der Waals surface area contributed by atoms with Crippen molar-refractivity contribution in [1.29, 1.82) is 0 Å². The van der Waals surface area contributed by atoms with Crippen LogP contribution in [0.25, 0.3) is 0 Å². The highest BCUT2D eigenvalue weighted by molar-refractivity contribution is 6.17. The molecule has 0 radical (unpaired) electrons. The average molecular weight is 370 g/mol. The predicted molar refractivity (Wildman–Crippen MR) is 96.8 cm³/mol. The van der Waals surface area contributed by atoms with Gasteiger partial charge >= 0.3 is 11.9 Å². The largest absolute Gasteiger partial charge is 0.463 e. The topological polar surface area (TPSA) is 84.9 Å². The van der Waals surface area contributed by atoms with Crippen LogP contribution in [-0.4, -0.2) is 48.5 Å². The van der Waals surface area contributed by atoms with Crippen molar-refractivity contribution in [2.24, 2.45) is 0 Å². The molecular weight excluding hydrogens is 348 g/mol. The van der Waals surface area contributed by atoms with Crippen LogP contribution in [-0.2, 0) is 29.4 Å². The number of hydrogen-bond donors (Lipinski definition) is 1. The SMILES string of the molecule is CCOC(=O)C1=C(C(=O)OCC)C2(C(=O)Nc3ccccc32)N2CCCC12. The zero-order valence-electron chi connectivity index (χ0n) is 15.4. The second kappa shape index (κ2) is 6.49. The molecule has 3 aliphatic rings. The van der Waals surface area contributed by atoms with Gasteiger partial charge in [-0.25, -0.2) is 9.59 Å². The van der Waals surface area contributed by atoms with Gasteiger partial charge in [0.15, 0.2) is 5.54 Å². The maximum absolute atomic E-state index is 13.3. The Kier molecular flexibility index (Phi) is 4.26. The molecule has 3 aliphatic heterocycles. The van der Waals surface area contributed by atoms with Crippen molar-refractivity contribution in [3.8, 4) is 0 Å². The minimum absolute atomic E-state index is 0.106. The normalized spacial score (nSPS) is 26.1. The molecule has 0 aromatic heterocycles. The number of carbonyl (C=O) groups is 3. The van der Waals surface area contributed by atoms with Gasteiger partial charge in [-0.1, -0.05) is 18.2 Å². The van der Waals surface area contributed by atoms with Crippen molar-refractivity contribution < 1.29 is 23.9 Å². The van der Waals surface area contributed by atoms with Gasteiger partial charge in [0.25, 0.3) is 5.91 Å². The highest BCUT2D eigenvalue weighted by Crippen LogP contribution is 2.55. The van der Waals surface area contributed by atoms with E-state index in [1.807, 2.05) is 23.1 Å². The van der Waals surface area contributed by atoms with Gasteiger partial charge in [0, 0.05) is 23.8 Å². The van der Waals surface area contributed by atoms with Crippen LogP contribution in [0.4, 0.5) is 5.69 Å². The number of ether oxygens (including phenoxy) is 2. The van der Waals surface area contributed by atoms with E-state index in [1.165, 1.54) is 0 Å². The third-order valence-electron chi connectivity index (χ3n) is 5.52. The van der Waals surface area contributed by atoms with E-state index in [0.29, 0.717) is 24.2 Å². The highest BCUT2D eigenvalue weighted by atomic mass is 16.5. The van der Waals surface area contributed by atoms with E-state index in [9.17, 15) is 14.4 Å². The van der Waals surface area contributed by atoms with E-state index in [2.05, 4.69) is 5.32 Å². The number of nitrogens with zero attached hydrogens (tertiary/aromatic N) is 1. The lowest BCUT2D eigenvalue weighted by Gasteiger charge is -2.34. The first-order chi connectivity index (χ1) is 13.1. The molecule has 2 atom stereocenters.